The van der Waals surface area contributed by atoms with E-state index in [2.05, 4.69) is 0 Å². The molecule has 4 rings (SSSR count). The molecule has 30 heavy (non-hydrogen) atoms. The number of hydrogen-bond acceptors (Lipinski definition) is 5. The van der Waals surface area contributed by atoms with Gasteiger partial charge in [-0.2, -0.15) is 0 Å². The van der Waals surface area contributed by atoms with Crippen LogP contribution < -0.4 is 11.2 Å². The average Bonchev–Trinajstić information content (AvgIpc) is 3.43. The van der Waals surface area contributed by atoms with Gasteiger partial charge in [0.25, 0.3) is 5.56 Å². The first kappa shape index (κ1) is 20.7. The molecular weight excluding hydrogens is 404 g/mol. The summed E-state index contributed by atoms with van der Waals surface area (Å²) in [7, 11) is 1.62. The standard InChI is InChI=1S/C21H26N4O4S/c1-14-5-6-16-15(11-14)19(27)24(21(29)22(16)2)10-7-18(26)25-13-30-12-17(25)20(28)23-8-3-4-9-23/h5-6,11,17H,3-4,7-10,12-13H2,1-2H3/t17-/m0/s1. The largest absolute Gasteiger partial charge is 0.341 e. The molecule has 0 unspecified atom stereocenters. The number of likely N-dealkylation sites (tertiary alicyclic amines) is 1. The van der Waals surface area contributed by atoms with Gasteiger partial charge in [-0.15, -0.1) is 11.8 Å². The monoisotopic (exact) mass is 430 g/mol. The van der Waals surface area contributed by atoms with E-state index in [0.717, 1.165) is 36.1 Å². The van der Waals surface area contributed by atoms with Crippen molar-refractivity contribution < 1.29 is 9.59 Å². The molecule has 1 atom stereocenters. The highest BCUT2D eigenvalue weighted by atomic mass is 32.2. The second kappa shape index (κ2) is 8.29. The molecule has 0 spiro atoms. The van der Waals surface area contributed by atoms with E-state index in [9.17, 15) is 19.2 Å². The Morgan fingerprint density at radius 2 is 1.90 bits per heavy atom. The number of hydrogen-bond donors (Lipinski definition) is 0. The van der Waals surface area contributed by atoms with Crippen LogP contribution in [0.25, 0.3) is 10.9 Å². The maximum absolute atomic E-state index is 12.9. The fourth-order valence-electron chi connectivity index (χ4n) is 4.22. The Morgan fingerprint density at radius 1 is 1.17 bits per heavy atom. The number of amides is 2. The first-order valence-corrected chi connectivity index (χ1v) is 11.4. The Morgan fingerprint density at radius 3 is 2.63 bits per heavy atom. The average molecular weight is 431 g/mol. The molecule has 2 fully saturated rings. The lowest BCUT2D eigenvalue weighted by Gasteiger charge is -2.27. The zero-order valence-corrected chi connectivity index (χ0v) is 18.1. The van der Waals surface area contributed by atoms with Gasteiger partial charge in [-0.3, -0.25) is 23.5 Å². The van der Waals surface area contributed by atoms with Crippen LogP contribution >= 0.6 is 11.8 Å². The minimum atomic E-state index is -0.445. The molecule has 3 heterocycles. The van der Waals surface area contributed by atoms with Gasteiger partial charge in [0.2, 0.25) is 11.8 Å². The van der Waals surface area contributed by atoms with Crippen molar-refractivity contribution in [1.29, 1.82) is 0 Å². The number of fused-ring (bicyclic) bond motifs is 1. The highest BCUT2D eigenvalue weighted by molar-refractivity contribution is 7.99. The van der Waals surface area contributed by atoms with E-state index in [0.29, 0.717) is 22.5 Å². The molecule has 2 aliphatic rings. The maximum atomic E-state index is 12.9. The molecule has 0 N–H and O–H groups in total. The van der Waals surface area contributed by atoms with Gasteiger partial charge in [0, 0.05) is 38.9 Å². The van der Waals surface area contributed by atoms with Gasteiger partial charge in [-0.25, -0.2) is 4.79 Å². The van der Waals surface area contributed by atoms with Crippen molar-refractivity contribution in [3.8, 4) is 0 Å². The maximum Gasteiger partial charge on any atom is 0.331 e. The third kappa shape index (κ3) is 3.66. The summed E-state index contributed by atoms with van der Waals surface area (Å²) in [4.78, 5) is 54.7. The summed E-state index contributed by atoms with van der Waals surface area (Å²) in [5, 5.41) is 0.461. The lowest BCUT2D eigenvalue weighted by atomic mass is 10.1. The smallest absolute Gasteiger partial charge is 0.331 e. The molecule has 9 heteroatoms. The quantitative estimate of drug-likeness (QED) is 0.720. The summed E-state index contributed by atoms with van der Waals surface area (Å²) in [5.41, 5.74) is 0.679. The van der Waals surface area contributed by atoms with Gasteiger partial charge in [0.1, 0.15) is 6.04 Å². The van der Waals surface area contributed by atoms with Crippen LogP contribution in [-0.4, -0.2) is 61.5 Å². The number of nitrogens with zero attached hydrogens (tertiary/aromatic N) is 4. The number of thioether (sulfide) groups is 1. The summed E-state index contributed by atoms with van der Waals surface area (Å²) in [6.07, 6.45) is 2.03. The first-order valence-electron chi connectivity index (χ1n) is 10.2. The number of carbonyl (C=O) groups is 2. The molecule has 160 valence electrons. The van der Waals surface area contributed by atoms with Crippen molar-refractivity contribution in [1.82, 2.24) is 18.9 Å². The van der Waals surface area contributed by atoms with Crippen LogP contribution in [0.15, 0.2) is 27.8 Å². The van der Waals surface area contributed by atoms with Crippen LogP contribution in [0.5, 0.6) is 0 Å². The van der Waals surface area contributed by atoms with Gasteiger partial charge >= 0.3 is 5.69 Å². The minimum absolute atomic E-state index is 0.0000132. The van der Waals surface area contributed by atoms with Crippen LogP contribution in [0.3, 0.4) is 0 Å². The lowest BCUT2D eigenvalue weighted by Crippen LogP contribution is -2.48. The summed E-state index contributed by atoms with van der Waals surface area (Å²) in [6, 6.07) is 4.94. The predicted molar refractivity (Wildman–Crippen MR) is 117 cm³/mol. The van der Waals surface area contributed by atoms with E-state index >= 15 is 0 Å². The number of carbonyl (C=O) groups excluding carboxylic acids is 2. The molecule has 1 aromatic heterocycles. The van der Waals surface area contributed by atoms with Crippen LogP contribution in [0.1, 0.15) is 24.8 Å². The van der Waals surface area contributed by atoms with E-state index in [1.165, 1.54) is 4.57 Å². The third-order valence-electron chi connectivity index (χ3n) is 5.96. The SMILES string of the molecule is Cc1ccc2c(c1)c(=O)n(CCC(=O)N1CSC[C@H]1C(=O)N1CCCC1)c(=O)n2C. The lowest BCUT2D eigenvalue weighted by molar-refractivity contribution is -0.142. The molecule has 0 saturated carbocycles. The zero-order valence-electron chi connectivity index (χ0n) is 17.3. The van der Waals surface area contributed by atoms with E-state index in [4.69, 9.17) is 0 Å². The van der Waals surface area contributed by atoms with Crippen LogP contribution in [0, 0.1) is 6.92 Å². The normalized spacial score (nSPS) is 19.1. The topological polar surface area (TPSA) is 84.6 Å². The molecule has 8 nitrogen and oxygen atoms in total. The molecule has 2 aromatic rings. The summed E-state index contributed by atoms with van der Waals surface area (Å²) in [6.45, 7) is 3.40. The fourth-order valence-corrected chi connectivity index (χ4v) is 5.39. The van der Waals surface area contributed by atoms with E-state index in [1.807, 2.05) is 17.9 Å². The van der Waals surface area contributed by atoms with Crippen molar-refractivity contribution in [2.24, 2.45) is 7.05 Å². The number of aromatic nitrogens is 2. The van der Waals surface area contributed by atoms with Crippen LogP contribution in [0.4, 0.5) is 0 Å². The molecule has 2 saturated heterocycles. The van der Waals surface area contributed by atoms with E-state index < -0.39 is 11.7 Å². The molecular formula is C21H26N4O4S. The summed E-state index contributed by atoms with van der Waals surface area (Å²) in [5.74, 6) is 0.876. The van der Waals surface area contributed by atoms with E-state index in [1.54, 1.807) is 35.8 Å². The fraction of sp³-hybridized carbons (Fsp3) is 0.524. The Hall–Kier alpha value is -2.55. The van der Waals surface area contributed by atoms with Gasteiger partial charge in [-0.1, -0.05) is 11.6 Å². The van der Waals surface area contributed by atoms with Gasteiger partial charge in [0.05, 0.1) is 16.8 Å². The number of benzene rings is 1. The molecule has 1 aromatic carbocycles. The summed E-state index contributed by atoms with van der Waals surface area (Å²) < 4.78 is 2.56. The van der Waals surface area contributed by atoms with Gasteiger partial charge in [0.15, 0.2) is 0 Å². The molecule has 0 aliphatic carbocycles. The number of aryl methyl sites for hydroxylation is 2. The zero-order chi connectivity index (χ0) is 21.4. The minimum Gasteiger partial charge on any atom is -0.341 e. The Kier molecular flexibility index (Phi) is 5.73. The highest BCUT2D eigenvalue weighted by Crippen LogP contribution is 2.24. The van der Waals surface area contributed by atoms with E-state index in [-0.39, 0.29) is 30.3 Å². The van der Waals surface area contributed by atoms with Crippen LogP contribution in [0.2, 0.25) is 0 Å². The summed E-state index contributed by atoms with van der Waals surface area (Å²) >= 11 is 1.56. The van der Waals surface area contributed by atoms with Crippen LogP contribution in [-0.2, 0) is 23.2 Å². The predicted octanol–water partition coefficient (Wildman–Crippen LogP) is 0.923. The molecule has 0 bridgehead atoms. The van der Waals surface area contributed by atoms with Crippen molar-refractivity contribution in [3.63, 3.8) is 0 Å². The van der Waals surface area contributed by atoms with Crippen molar-refractivity contribution in [2.75, 3.05) is 24.7 Å². The van der Waals surface area contributed by atoms with Gasteiger partial charge in [-0.05, 0) is 31.9 Å². The van der Waals surface area contributed by atoms with Crippen molar-refractivity contribution >= 4 is 34.5 Å². The molecule has 2 aliphatic heterocycles. The first-order chi connectivity index (χ1) is 14.4. The van der Waals surface area contributed by atoms with Gasteiger partial charge < -0.3 is 9.80 Å². The van der Waals surface area contributed by atoms with Crippen molar-refractivity contribution in [3.05, 3.63) is 44.6 Å². The Balaban J connectivity index is 1.54. The molecule has 0 radical (unpaired) electrons. The Labute approximate surface area is 178 Å². The second-order valence-electron chi connectivity index (χ2n) is 7.98. The number of rotatable bonds is 4. The van der Waals surface area contributed by atoms with Crippen molar-refractivity contribution in [2.45, 2.75) is 38.8 Å². The third-order valence-corrected chi connectivity index (χ3v) is 6.97. The Bertz CT molecular complexity index is 1120. The highest BCUT2D eigenvalue weighted by Gasteiger charge is 2.37. The second-order valence-corrected chi connectivity index (χ2v) is 8.98. The molecule has 2 amide bonds.